The van der Waals surface area contributed by atoms with Crippen molar-refractivity contribution in [2.75, 3.05) is 0 Å². The summed E-state index contributed by atoms with van der Waals surface area (Å²) in [5, 5.41) is 27.0. The molecule has 0 fully saturated rings. The van der Waals surface area contributed by atoms with E-state index in [4.69, 9.17) is 10.2 Å². The maximum Gasteiger partial charge on any atom is 0.118 e. The van der Waals surface area contributed by atoms with Gasteiger partial charge in [-0.2, -0.15) is 0 Å². The molecule has 0 saturated heterocycles. The lowest BCUT2D eigenvalue weighted by atomic mass is 10.0. The molecule has 0 heterocycles. The number of hydrogen-bond acceptors (Lipinski definition) is 3. The second-order valence-corrected chi connectivity index (χ2v) is 9.29. The molecule has 3 nitrogen and oxygen atoms in total. The normalized spacial score (nSPS) is 10.0. The Morgan fingerprint density at radius 2 is 0.778 bits per heavy atom. The van der Waals surface area contributed by atoms with Crippen LogP contribution in [0.3, 0.4) is 0 Å². The molecule has 0 aliphatic heterocycles. The number of aromatic hydroxyl groups is 3. The summed E-state index contributed by atoms with van der Waals surface area (Å²) < 4.78 is 0. The zero-order valence-electron chi connectivity index (χ0n) is 22.3. The van der Waals surface area contributed by atoms with Gasteiger partial charge in [0.1, 0.15) is 17.2 Å². The van der Waals surface area contributed by atoms with Crippen LogP contribution < -0.4 is 0 Å². The second-order valence-electron chi connectivity index (χ2n) is 9.29. The maximum atomic E-state index is 9.70. The molecule has 0 aliphatic carbocycles. The molecule has 0 unspecified atom stereocenters. The molecule has 0 atom stereocenters. The average Bonchev–Trinajstić information content (AvgIpc) is 2.89. The number of phenolic OH excluding ortho intramolecular Hbond substituents is 3. The number of benzene rings is 3. The summed E-state index contributed by atoms with van der Waals surface area (Å²) in [5.41, 5.74) is 1.10. The van der Waals surface area contributed by atoms with E-state index in [0.29, 0.717) is 17.2 Å². The molecule has 36 heavy (non-hydrogen) atoms. The number of hydrogen-bond donors (Lipinski definition) is 3. The zero-order chi connectivity index (χ0) is 26.1. The van der Waals surface area contributed by atoms with Crippen molar-refractivity contribution in [3.8, 4) is 17.2 Å². The molecule has 0 amide bonds. The Labute approximate surface area is 219 Å². The molecule has 0 spiro atoms. The first kappa shape index (κ1) is 31.1. The van der Waals surface area contributed by atoms with Crippen molar-refractivity contribution in [3.63, 3.8) is 0 Å². The summed E-state index contributed by atoms with van der Waals surface area (Å²) in [6.07, 6.45) is 19.1. The van der Waals surface area contributed by atoms with Gasteiger partial charge in [-0.3, -0.25) is 0 Å². The SMILES string of the molecule is CCCCCCCCCCCCCCCc1ccccc1O.Oc1ccccc1.Oc1ccccc1. The van der Waals surface area contributed by atoms with Crippen LogP contribution in [0.25, 0.3) is 0 Å². The van der Waals surface area contributed by atoms with E-state index in [1.165, 1.54) is 83.5 Å². The first-order valence-electron chi connectivity index (χ1n) is 13.9. The van der Waals surface area contributed by atoms with Crippen LogP contribution in [-0.4, -0.2) is 15.3 Å². The molecular weight excluding hydrogens is 444 g/mol. The molecular formula is C33H48O3. The van der Waals surface area contributed by atoms with Crippen LogP contribution in [0.15, 0.2) is 84.9 Å². The van der Waals surface area contributed by atoms with Crippen molar-refractivity contribution >= 4 is 0 Å². The minimum atomic E-state index is 0.322. The van der Waals surface area contributed by atoms with Crippen LogP contribution >= 0.6 is 0 Å². The van der Waals surface area contributed by atoms with E-state index in [9.17, 15) is 5.11 Å². The molecule has 0 saturated carbocycles. The van der Waals surface area contributed by atoms with E-state index in [-0.39, 0.29) is 0 Å². The lowest BCUT2D eigenvalue weighted by Gasteiger charge is -2.05. The molecule has 3 aromatic rings. The van der Waals surface area contributed by atoms with Gasteiger partial charge < -0.3 is 15.3 Å². The topological polar surface area (TPSA) is 60.7 Å². The summed E-state index contributed by atoms with van der Waals surface area (Å²) in [6.45, 7) is 2.28. The monoisotopic (exact) mass is 492 g/mol. The molecule has 3 N–H and O–H groups in total. The predicted octanol–water partition coefficient (Wildman–Crippen LogP) is 9.81. The third-order valence-corrected chi connectivity index (χ3v) is 6.05. The number of rotatable bonds is 14. The molecule has 0 bridgehead atoms. The van der Waals surface area contributed by atoms with Crippen LogP contribution in [0, 0.1) is 0 Å². The third kappa shape index (κ3) is 18.4. The van der Waals surface area contributed by atoms with Crippen molar-refractivity contribution in [1.82, 2.24) is 0 Å². The maximum absolute atomic E-state index is 9.70. The number of unbranched alkanes of at least 4 members (excludes halogenated alkanes) is 12. The van der Waals surface area contributed by atoms with Gasteiger partial charge in [0.05, 0.1) is 0 Å². The van der Waals surface area contributed by atoms with Gasteiger partial charge in [0.25, 0.3) is 0 Å². The van der Waals surface area contributed by atoms with Crippen LogP contribution in [0.4, 0.5) is 0 Å². The Kier molecular flexibility index (Phi) is 19.4. The smallest absolute Gasteiger partial charge is 0.118 e. The largest absolute Gasteiger partial charge is 0.508 e. The first-order valence-corrected chi connectivity index (χ1v) is 13.9. The van der Waals surface area contributed by atoms with E-state index in [2.05, 4.69) is 6.92 Å². The minimum Gasteiger partial charge on any atom is -0.508 e. The minimum absolute atomic E-state index is 0.322. The van der Waals surface area contributed by atoms with Crippen molar-refractivity contribution in [1.29, 1.82) is 0 Å². The standard InChI is InChI=1S/C21H36O.2C6H6O/c1-2-3-4-5-6-7-8-9-10-11-12-13-14-17-20-18-15-16-19-21(20)22;2*7-6-4-2-1-3-5-6/h15-16,18-19,22H,2-14,17H2,1H3;2*1-5,7H. The quantitative estimate of drug-likeness (QED) is 0.196. The lowest BCUT2D eigenvalue weighted by molar-refractivity contribution is 0.465. The molecule has 3 heteroatoms. The summed E-state index contributed by atoms with van der Waals surface area (Å²) in [7, 11) is 0. The van der Waals surface area contributed by atoms with E-state index in [1.54, 1.807) is 54.6 Å². The third-order valence-electron chi connectivity index (χ3n) is 6.05. The highest BCUT2D eigenvalue weighted by Crippen LogP contribution is 2.19. The van der Waals surface area contributed by atoms with E-state index >= 15 is 0 Å². The fourth-order valence-electron chi connectivity index (χ4n) is 3.91. The Morgan fingerprint density at radius 3 is 1.14 bits per heavy atom. The van der Waals surface area contributed by atoms with Gasteiger partial charge >= 0.3 is 0 Å². The number of para-hydroxylation sites is 3. The van der Waals surface area contributed by atoms with Gasteiger partial charge in [-0.25, -0.2) is 0 Å². The fraction of sp³-hybridized carbons (Fsp3) is 0.455. The van der Waals surface area contributed by atoms with Crippen LogP contribution in [0.1, 0.15) is 96.0 Å². The van der Waals surface area contributed by atoms with Gasteiger partial charge in [-0.15, -0.1) is 0 Å². The van der Waals surface area contributed by atoms with E-state index in [1.807, 2.05) is 30.3 Å². The summed E-state index contributed by atoms with van der Waals surface area (Å²) in [4.78, 5) is 0. The van der Waals surface area contributed by atoms with Crippen molar-refractivity contribution in [3.05, 3.63) is 90.5 Å². The summed E-state index contributed by atoms with van der Waals surface area (Å²) in [6, 6.07) is 25.2. The van der Waals surface area contributed by atoms with Gasteiger partial charge in [0.2, 0.25) is 0 Å². The van der Waals surface area contributed by atoms with Gasteiger partial charge in [0, 0.05) is 0 Å². The Bertz CT molecular complexity index is 812. The highest BCUT2D eigenvalue weighted by Gasteiger charge is 1.99. The van der Waals surface area contributed by atoms with Crippen LogP contribution in [0.2, 0.25) is 0 Å². The van der Waals surface area contributed by atoms with E-state index < -0.39 is 0 Å². The van der Waals surface area contributed by atoms with Gasteiger partial charge in [0.15, 0.2) is 0 Å². The zero-order valence-corrected chi connectivity index (χ0v) is 22.3. The van der Waals surface area contributed by atoms with Crippen LogP contribution in [-0.2, 0) is 6.42 Å². The molecule has 198 valence electrons. The highest BCUT2D eigenvalue weighted by atomic mass is 16.3. The molecule has 3 aromatic carbocycles. The van der Waals surface area contributed by atoms with Crippen molar-refractivity contribution in [2.45, 2.75) is 96.8 Å². The molecule has 0 radical (unpaired) electrons. The summed E-state index contributed by atoms with van der Waals surface area (Å²) in [5.74, 6) is 1.10. The van der Waals surface area contributed by atoms with Crippen LogP contribution in [0.5, 0.6) is 17.2 Å². The predicted molar refractivity (Wildman–Crippen MR) is 154 cm³/mol. The molecule has 0 aliphatic rings. The lowest BCUT2D eigenvalue weighted by Crippen LogP contribution is -1.87. The second kappa shape index (κ2) is 22.5. The average molecular weight is 493 g/mol. The fourth-order valence-corrected chi connectivity index (χ4v) is 3.91. The Balaban J connectivity index is 0.000000370. The van der Waals surface area contributed by atoms with Crippen molar-refractivity contribution < 1.29 is 15.3 Å². The Hall–Kier alpha value is -2.94. The molecule has 0 aromatic heterocycles. The number of aryl methyl sites for hydroxylation is 1. The van der Waals surface area contributed by atoms with Crippen molar-refractivity contribution in [2.24, 2.45) is 0 Å². The highest BCUT2D eigenvalue weighted by molar-refractivity contribution is 5.31. The van der Waals surface area contributed by atoms with E-state index in [0.717, 1.165) is 12.0 Å². The summed E-state index contributed by atoms with van der Waals surface area (Å²) >= 11 is 0. The van der Waals surface area contributed by atoms with Gasteiger partial charge in [-0.1, -0.05) is 139 Å². The Morgan fingerprint density at radius 1 is 0.417 bits per heavy atom. The number of phenols is 3. The molecule has 3 rings (SSSR count). The van der Waals surface area contributed by atoms with Gasteiger partial charge in [-0.05, 0) is 48.7 Å². The first-order chi connectivity index (χ1) is 17.6.